The Balaban J connectivity index is 1.13. The van der Waals surface area contributed by atoms with E-state index >= 15 is 0 Å². The van der Waals surface area contributed by atoms with Crippen LogP contribution in [0.1, 0.15) is 76.0 Å². The van der Waals surface area contributed by atoms with Crippen molar-refractivity contribution in [1.82, 2.24) is 9.13 Å². The highest BCUT2D eigenvalue weighted by Gasteiger charge is 2.39. The van der Waals surface area contributed by atoms with Gasteiger partial charge in [-0.05, 0) is 105 Å². The van der Waals surface area contributed by atoms with E-state index in [1.807, 2.05) is 0 Å². The Morgan fingerprint density at radius 2 is 1.03 bits per heavy atom. The molecule has 0 spiro atoms. The van der Waals surface area contributed by atoms with Gasteiger partial charge >= 0.3 is 0 Å². The fourth-order valence-electron chi connectivity index (χ4n) is 12.3. The Labute approximate surface area is 407 Å². The number of hydrogen-bond acceptors (Lipinski definition) is 2. The van der Waals surface area contributed by atoms with E-state index in [4.69, 9.17) is 9.15 Å². The van der Waals surface area contributed by atoms with Crippen molar-refractivity contribution >= 4 is 110 Å². The summed E-state index contributed by atoms with van der Waals surface area (Å²) in [7, 11) is 0. The van der Waals surface area contributed by atoms with Crippen LogP contribution in [0.3, 0.4) is 0 Å². The van der Waals surface area contributed by atoms with Gasteiger partial charge in [-0.2, -0.15) is 0 Å². The number of benzene rings is 10. The third-order valence-corrected chi connectivity index (χ3v) is 15.5. The van der Waals surface area contributed by atoms with Gasteiger partial charge in [0.25, 0.3) is 6.71 Å². The lowest BCUT2D eigenvalue weighted by molar-refractivity contribution is 0.488. The molecule has 1 aliphatic heterocycles. The van der Waals surface area contributed by atoms with E-state index < -0.39 is 0 Å². The minimum absolute atomic E-state index is 0.131. The van der Waals surface area contributed by atoms with E-state index in [1.165, 1.54) is 87.3 Å². The summed E-state index contributed by atoms with van der Waals surface area (Å²) in [5.74, 6) is 2.73. The Hall–Kier alpha value is -8.02. The molecule has 70 heavy (non-hydrogen) atoms. The van der Waals surface area contributed by atoms with Crippen LogP contribution in [-0.4, -0.2) is 15.8 Å². The summed E-state index contributed by atoms with van der Waals surface area (Å²) < 4.78 is 19.2. The van der Waals surface area contributed by atoms with Crippen LogP contribution in [0, 0.1) is 0 Å². The molecule has 0 fully saturated rings. The van der Waals surface area contributed by atoms with Gasteiger partial charge in [0, 0.05) is 54.8 Å². The molecular weight excluding hydrogens is 852 g/mol. The zero-order valence-corrected chi connectivity index (χ0v) is 40.3. The average molecular weight is 903 g/mol. The van der Waals surface area contributed by atoms with Gasteiger partial charge in [-0.25, -0.2) is 0 Å². The second kappa shape index (κ2) is 15.2. The summed E-state index contributed by atoms with van der Waals surface area (Å²) >= 11 is 0. The molecule has 0 unspecified atom stereocenters. The normalized spacial score (nSPS) is 12.9. The van der Waals surface area contributed by atoms with Gasteiger partial charge in [-0.3, -0.25) is 0 Å². The molecule has 0 saturated carbocycles. The number of fused-ring (bicyclic) bond motifs is 15. The summed E-state index contributed by atoms with van der Waals surface area (Å²) in [6.45, 7) is 13.9. The van der Waals surface area contributed by atoms with Gasteiger partial charge in [-0.1, -0.05) is 174 Å². The van der Waals surface area contributed by atoms with Crippen molar-refractivity contribution in [3.8, 4) is 22.9 Å². The maximum absolute atomic E-state index is 7.50. The number of furan rings is 1. The number of nitrogens with zero attached hydrogens (tertiary/aromatic N) is 2. The summed E-state index contributed by atoms with van der Waals surface area (Å²) in [5.41, 5.74) is 16.6. The van der Waals surface area contributed by atoms with Crippen molar-refractivity contribution in [1.29, 1.82) is 0 Å². The number of para-hydroxylation sites is 3. The molecule has 0 N–H and O–H groups in total. The summed E-state index contributed by atoms with van der Waals surface area (Å²) in [5, 5.41) is 11.8. The van der Waals surface area contributed by atoms with Crippen LogP contribution in [0.5, 0.6) is 11.5 Å². The third-order valence-electron chi connectivity index (χ3n) is 15.5. The van der Waals surface area contributed by atoms with E-state index in [0.717, 1.165) is 55.8 Å². The smallest absolute Gasteiger partial charge is 0.252 e. The molecule has 0 bridgehead atoms. The summed E-state index contributed by atoms with van der Waals surface area (Å²) in [6.07, 6.45) is 0. The highest BCUT2D eigenvalue weighted by molar-refractivity contribution is 6.99. The molecule has 14 rings (SSSR count). The monoisotopic (exact) mass is 902 g/mol. The molecule has 13 aromatic rings. The van der Waals surface area contributed by atoms with Gasteiger partial charge in [-0.15, -0.1) is 0 Å². The van der Waals surface area contributed by atoms with Gasteiger partial charge in [0.05, 0.1) is 27.8 Å². The minimum Gasteiger partial charge on any atom is -0.458 e. The Bertz CT molecular complexity index is 4290. The first-order valence-corrected chi connectivity index (χ1v) is 25.0. The lowest BCUT2D eigenvalue weighted by Gasteiger charge is -2.33. The van der Waals surface area contributed by atoms with Crippen LogP contribution in [0.2, 0.25) is 0 Å². The first kappa shape index (κ1) is 41.0. The van der Waals surface area contributed by atoms with E-state index in [1.54, 1.807) is 0 Å². The predicted molar refractivity (Wildman–Crippen MR) is 297 cm³/mol. The van der Waals surface area contributed by atoms with Crippen molar-refractivity contribution in [3.63, 3.8) is 0 Å². The molecule has 0 amide bonds. The van der Waals surface area contributed by atoms with E-state index in [0.29, 0.717) is 5.92 Å². The van der Waals surface area contributed by atoms with Gasteiger partial charge < -0.3 is 18.3 Å². The maximum atomic E-state index is 7.50. The molecule has 1 aliphatic rings. The van der Waals surface area contributed by atoms with Crippen molar-refractivity contribution in [2.75, 3.05) is 0 Å². The summed E-state index contributed by atoms with van der Waals surface area (Å²) in [4.78, 5) is 0. The molecule has 0 atom stereocenters. The molecule has 10 aromatic carbocycles. The number of ether oxygens (including phenoxy) is 1. The van der Waals surface area contributed by atoms with Crippen LogP contribution in [-0.2, 0) is 0 Å². The van der Waals surface area contributed by atoms with E-state index in [2.05, 4.69) is 233 Å². The van der Waals surface area contributed by atoms with Crippen LogP contribution in [0.4, 0.5) is 0 Å². The zero-order valence-electron chi connectivity index (χ0n) is 40.3. The molecule has 336 valence electrons. The van der Waals surface area contributed by atoms with E-state index in [-0.39, 0.29) is 18.5 Å². The fraction of sp³-hybridized carbons (Fsp3) is 0.138. The molecule has 0 saturated heterocycles. The van der Waals surface area contributed by atoms with Gasteiger partial charge in [0.1, 0.15) is 22.7 Å². The van der Waals surface area contributed by atoms with Crippen molar-refractivity contribution in [3.05, 3.63) is 199 Å². The summed E-state index contributed by atoms with van der Waals surface area (Å²) in [6, 6.07) is 67.4. The van der Waals surface area contributed by atoms with Crippen molar-refractivity contribution in [2.24, 2.45) is 0 Å². The topological polar surface area (TPSA) is 32.2 Å². The molecule has 4 heterocycles. The quantitative estimate of drug-likeness (QED) is 0.156. The van der Waals surface area contributed by atoms with Gasteiger partial charge in [0.15, 0.2) is 0 Å². The lowest BCUT2D eigenvalue weighted by atomic mass is 9.33. The molecular formula is C65H51BN2O2. The Kier molecular flexibility index (Phi) is 8.93. The zero-order chi connectivity index (χ0) is 47.1. The molecule has 4 nitrogen and oxygen atoms in total. The predicted octanol–water partition coefficient (Wildman–Crippen LogP) is 16.1. The lowest BCUT2D eigenvalue weighted by Crippen LogP contribution is -2.57. The molecule has 3 aromatic heterocycles. The van der Waals surface area contributed by atoms with Crippen LogP contribution >= 0.6 is 0 Å². The highest BCUT2D eigenvalue weighted by Crippen LogP contribution is 2.45. The van der Waals surface area contributed by atoms with Crippen LogP contribution in [0.25, 0.3) is 98.5 Å². The number of aromatic nitrogens is 2. The maximum Gasteiger partial charge on any atom is 0.252 e. The number of rotatable bonds is 6. The third kappa shape index (κ3) is 5.84. The fourth-order valence-corrected chi connectivity index (χ4v) is 12.3. The molecule has 0 aliphatic carbocycles. The van der Waals surface area contributed by atoms with Crippen molar-refractivity contribution in [2.45, 2.75) is 59.3 Å². The van der Waals surface area contributed by atoms with E-state index in [9.17, 15) is 0 Å². The number of hydrogen-bond donors (Lipinski definition) is 0. The standard InChI is InChI=1S/C65H51BN2O2/c1-37(2)41-30-49(38(3)4)63(50(31-41)39(5)6)66-54-35-60-53(46-24-15-17-27-59(46)69-60)34-61(54)70-62-36-58(44-22-12-13-25-47(44)64(62)66)68-57-32-51-45-23-14-16-26-55(45)67(42-19-8-7-9-20-42)56(51)33-52(57)48-29-28-40-18-10-11-21-43(40)65(48)68/h7-39H,1-6H3. The average Bonchev–Trinajstić information content (AvgIpc) is 4.03. The van der Waals surface area contributed by atoms with Crippen LogP contribution in [0.15, 0.2) is 186 Å². The largest absolute Gasteiger partial charge is 0.458 e. The Morgan fingerprint density at radius 3 is 1.77 bits per heavy atom. The second-order valence-corrected chi connectivity index (χ2v) is 20.5. The first-order chi connectivity index (χ1) is 34.2. The molecule has 5 heteroatoms. The highest BCUT2D eigenvalue weighted by atomic mass is 16.5. The van der Waals surface area contributed by atoms with Crippen LogP contribution < -0.4 is 21.1 Å². The van der Waals surface area contributed by atoms with Gasteiger partial charge in [0.2, 0.25) is 0 Å². The molecule has 0 radical (unpaired) electrons. The minimum atomic E-state index is -0.131. The second-order valence-electron chi connectivity index (χ2n) is 20.5. The van der Waals surface area contributed by atoms with Crippen molar-refractivity contribution < 1.29 is 9.15 Å². The first-order valence-electron chi connectivity index (χ1n) is 25.0. The Morgan fingerprint density at radius 1 is 0.400 bits per heavy atom. The SMILES string of the molecule is CC(C)c1cc(C(C)C)c(B2c3cc4oc5ccccc5c4cc3Oc3cc(-n4c5cc6c7ccccc7n(-c7ccccc7)c6cc5c5ccc6ccccc6c54)c4ccccc4c32)c(C(C)C)c1.